The van der Waals surface area contributed by atoms with Crippen molar-refractivity contribution in [2.24, 2.45) is 0 Å². The summed E-state index contributed by atoms with van der Waals surface area (Å²) < 4.78 is 9.51. The summed E-state index contributed by atoms with van der Waals surface area (Å²) in [6.45, 7) is 3.93. The van der Waals surface area contributed by atoms with E-state index in [0.717, 1.165) is 30.3 Å². The molecule has 1 aromatic heterocycles. The van der Waals surface area contributed by atoms with Crippen LogP contribution in [0, 0.1) is 0 Å². The highest BCUT2D eigenvalue weighted by Gasteiger charge is 2.25. The van der Waals surface area contributed by atoms with Crippen LogP contribution in [0.4, 0.5) is 5.13 Å². The second-order valence-electron chi connectivity index (χ2n) is 5.05. The molecule has 2 heterocycles. The molecule has 1 atom stereocenters. The first kappa shape index (κ1) is 13.5. The Morgan fingerprint density at radius 1 is 1.40 bits per heavy atom. The van der Waals surface area contributed by atoms with E-state index in [1.165, 1.54) is 22.7 Å². The van der Waals surface area contributed by atoms with Crippen molar-refractivity contribution < 1.29 is 4.74 Å². The monoisotopic (exact) mass is 289 g/mol. The molecule has 0 radical (unpaired) electrons. The van der Waals surface area contributed by atoms with Crippen LogP contribution in [0.5, 0.6) is 0 Å². The van der Waals surface area contributed by atoms with E-state index in [0.29, 0.717) is 12.6 Å². The SMILES string of the molecule is COCCc1nsc(N2CCc3ccccc3C2C)n1. The summed E-state index contributed by atoms with van der Waals surface area (Å²) in [5, 5.41) is 1.03. The normalized spacial score (nSPS) is 18.1. The summed E-state index contributed by atoms with van der Waals surface area (Å²) >= 11 is 1.49. The Hall–Kier alpha value is -1.46. The van der Waals surface area contributed by atoms with Crippen LogP contribution in [-0.2, 0) is 17.6 Å². The first-order valence-corrected chi connectivity index (χ1v) is 7.73. The van der Waals surface area contributed by atoms with Crippen molar-refractivity contribution in [3.05, 3.63) is 41.2 Å². The van der Waals surface area contributed by atoms with Gasteiger partial charge in [-0.3, -0.25) is 0 Å². The fraction of sp³-hybridized carbons (Fsp3) is 0.467. The number of hydrogen-bond donors (Lipinski definition) is 0. The van der Waals surface area contributed by atoms with Crippen LogP contribution in [0.25, 0.3) is 0 Å². The van der Waals surface area contributed by atoms with Crippen LogP contribution in [0.2, 0.25) is 0 Å². The molecule has 0 fully saturated rings. The first-order chi connectivity index (χ1) is 9.79. The van der Waals surface area contributed by atoms with Crippen molar-refractivity contribution in [2.45, 2.75) is 25.8 Å². The van der Waals surface area contributed by atoms with Crippen molar-refractivity contribution in [3.8, 4) is 0 Å². The molecule has 4 nitrogen and oxygen atoms in total. The minimum atomic E-state index is 0.364. The van der Waals surface area contributed by atoms with Crippen LogP contribution in [0.15, 0.2) is 24.3 Å². The highest BCUT2D eigenvalue weighted by Crippen LogP contribution is 2.33. The molecule has 1 aromatic carbocycles. The van der Waals surface area contributed by atoms with Crippen molar-refractivity contribution in [2.75, 3.05) is 25.2 Å². The zero-order chi connectivity index (χ0) is 13.9. The fourth-order valence-electron chi connectivity index (χ4n) is 2.69. The van der Waals surface area contributed by atoms with Gasteiger partial charge in [-0.1, -0.05) is 24.3 Å². The molecule has 3 rings (SSSR count). The van der Waals surface area contributed by atoms with E-state index in [1.54, 1.807) is 7.11 Å². The van der Waals surface area contributed by atoms with E-state index in [9.17, 15) is 0 Å². The summed E-state index contributed by atoms with van der Waals surface area (Å²) in [5.41, 5.74) is 2.87. The Morgan fingerprint density at radius 2 is 2.25 bits per heavy atom. The number of anilines is 1. The second-order valence-corrected chi connectivity index (χ2v) is 5.78. The van der Waals surface area contributed by atoms with Crippen LogP contribution in [0.3, 0.4) is 0 Å². The molecule has 20 heavy (non-hydrogen) atoms. The predicted octanol–water partition coefficient (Wildman–Crippen LogP) is 2.85. The minimum absolute atomic E-state index is 0.364. The Balaban J connectivity index is 1.80. The maximum atomic E-state index is 5.08. The average molecular weight is 289 g/mol. The van der Waals surface area contributed by atoms with Gasteiger partial charge in [0.25, 0.3) is 0 Å². The third kappa shape index (κ3) is 2.55. The van der Waals surface area contributed by atoms with Crippen LogP contribution in [-0.4, -0.2) is 29.6 Å². The third-order valence-corrected chi connectivity index (χ3v) is 4.62. The number of rotatable bonds is 4. The fourth-order valence-corrected chi connectivity index (χ4v) is 3.51. The van der Waals surface area contributed by atoms with E-state index in [1.807, 2.05) is 0 Å². The molecule has 106 valence electrons. The average Bonchev–Trinajstić information content (AvgIpc) is 2.94. The molecule has 1 aliphatic rings. The molecule has 0 amide bonds. The van der Waals surface area contributed by atoms with E-state index < -0.39 is 0 Å². The standard InChI is InChI=1S/C15H19N3OS/c1-11-13-6-4-3-5-12(13)7-9-18(11)15-16-14(17-20-15)8-10-19-2/h3-6,11H,7-10H2,1-2H3. The maximum absolute atomic E-state index is 5.08. The van der Waals surface area contributed by atoms with E-state index in [4.69, 9.17) is 4.74 Å². The van der Waals surface area contributed by atoms with Crippen molar-refractivity contribution in [3.63, 3.8) is 0 Å². The number of benzene rings is 1. The summed E-state index contributed by atoms with van der Waals surface area (Å²) in [4.78, 5) is 7.01. The quantitative estimate of drug-likeness (QED) is 0.867. The predicted molar refractivity (Wildman–Crippen MR) is 81.4 cm³/mol. The summed E-state index contributed by atoms with van der Waals surface area (Å²) in [6, 6.07) is 9.05. The summed E-state index contributed by atoms with van der Waals surface area (Å²) in [6.07, 6.45) is 1.86. The molecule has 0 bridgehead atoms. The van der Waals surface area contributed by atoms with Crippen LogP contribution < -0.4 is 4.90 Å². The van der Waals surface area contributed by atoms with Gasteiger partial charge in [0.1, 0.15) is 5.82 Å². The van der Waals surface area contributed by atoms with Crippen molar-refractivity contribution in [1.82, 2.24) is 9.36 Å². The molecule has 0 N–H and O–H groups in total. The van der Waals surface area contributed by atoms with Gasteiger partial charge >= 0.3 is 0 Å². The molecule has 2 aromatic rings. The molecular weight excluding hydrogens is 270 g/mol. The second kappa shape index (κ2) is 5.89. The van der Waals surface area contributed by atoms with Gasteiger partial charge in [-0.2, -0.15) is 4.37 Å². The minimum Gasteiger partial charge on any atom is -0.384 e. The molecule has 5 heteroatoms. The van der Waals surface area contributed by atoms with Crippen molar-refractivity contribution in [1.29, 1.82) is 0 Å². The molecular formula is C15H19N3OS. The van der Waals surface area contributed by atoms with Gasteiger partial charge in [-0.15, -0.1) is 0 Å². The zero-order valence-electron chi connectivity index (χ0n) is 11.9. The van der Waals surface area contributed by atoms with Gasteiger partial charge in [0.05, 0.1) is 12.6 Å². The summed E-state index contributed by atoms with van der Waals surface area (Å²) in [7, 11) is 1.71. The Bertz CT molecular complexity index is 584. The zero-order valence-corrected chi connectivity index (χ0v) is 12.7. The number of methoxy groups -OCH3 is 1. The van der Waals surface area contributed by atoms with Gasteiger partial charge in [0.15, 0.2) is 0 Å². The van der Waals surface area contributed by atoms with E-state index >= 15 is 0 Å². The van der Waals surface area contributed by atoms with Gasteiger partial charge in [0, 0.05) is 31.6 Å². The Labute approximate surface area is 123 Å². The molecule has 1 unspecified atom stereocenters. The largest absolute Gasteiger partial charge is 0.384 e. The number of ether oxygens (including phenoxy) is 1. The summed E-state index contributed by atoms with van der Waals surface area (Å²) in [5.74, 6) is 0.887. The molecule has 0 saturated carbocycles. The number of fused-ring (bicyclic) bond motifs is 1. The van der Waals surface area contributed by atoms with Gasteiger partial charge in [-0.05, 0) is 24.5 Å². The van der Waals surface area contributed by atoms with Gasteiger partial charge in [0.2, 0.25) is 5.13 Å². The first-order valence-electron chi connectivity index (χ1n) is 6.95. The van der Waals surface area contributed by atoms with Gasteiger partial charge in [-0.25, -0.2) is 4.98 Å². The smallest absolute Gasteiger partial charge is 0.205 e. The number of hydrogen-bond acceptors (Lipinski definition) is 5. The van der Waals surface area contributed by atoms with E-state index in [-0.39, 0.29) is 0 Å². The number of nitrogens with zero attached hydrogens (tertiary/aromatic N) is 3. The topological polar surface area (TPSA) is 38.2 Å². The lowest BCUT2D eigenvalue weighted by molar-refractivity contribution is 0.201. The van der Waals surface area contributed by atoms with Crippen molar-refractivity contribution >= 4 is 16.7 Å². The number of aromatic nitrogens is 2. The molecule has 0 spiro atoms. The lowest BCUT2D eigenvalue weighted by Gasteiger charge is -2.34. The van der Waals surface area contributed by atoms with Gasteiger partial charge < -0.3 is 9.64 Å². The maximum Gasteiger partial charge on any atom is 0.205 e. The molecule has 1 aliphatic heterocycles. The Kier molecular flexibility index (Phi) is 3.98. The highest BCUT2D eigenvalue weighted by molar-refractivity contribution is 7.09. The third-order valence-electron chi connectivity index (χ3n) is 3.83. The van der Waals surface area contributed by atoms with Crippen LogP contribution >= 0.6 is 11.5 Å². The molecule has 0 aliphatic carbocycles. The molecule has 0 saturated heterocycles. The lowest BCUT2D eigenvalue weighted by Crippen LogP contribution is -2.33. The van der Waals surface area contributed by atoms with Crippen LogP contribution in [0.1, 0.15) is 29.9 Å². The lowest BCUT2D eigenvalue weighted by atomic mass is 9.94. The van der Waals surface area contributed by atoms with E-state index in [2.05, 4.69) is 45.4 Å². The highest BCUT2D eigenvalue weighted by atomic mass is 32.1. The Morgan fingerprint density at radius 3 is 3.10 bits per heavy atom.